The fourth-order valence-corrected chi connectivity index (χ4v) is 4.56. The van der Waals surface area contributed by atoms with Gasteiger partial charge in [0.25, 0.3) is 0 Å². The number of aromatic carboxylic acids is 1. The quantitative estimate of drug-likeness (QED) is 0.768. The highest BCUT2D eigenvalue weighted by Crippen LogP contribution is 2.37. The van der Waals surface area contributed by atoms with Crippen molar-refractivity contribution < 1.29 is 14.4 Å². The Balaban J connectivity index is 1.70. The summed E-state index contributed by atoms with van der Waals surface area (Å²) in [5.41, 5.74) is 1.79. The van der Waals surface area contributed by atoms with Gasteiger partial charge in [0.15, 0.2) is 5.76 Å². The normalized spacial score (nSPS) is 18.5. The molecule has 0 saturated carbocycles. The summed E-state index contributed by atoms with van der Waals surface area (Å²) in [6.45, 7) is 3.48. The number of carboxylic acids is 1. The van der Waals surface area contributed by atoms with Gasteiger partial charge in [-0.3, -0.25) is 4.90 Å². The van der Waals surface area contributed by atoms with Crippen molar-refractivity contribution in [1.82, 2.24) is 10.1 Å². The number of benzene rings is 1. The van der Waals surface area contributed by atoms with Gasteiger partial charge in [0.05, 0.1) is 11.7 Å². The lowest BCUT2D eigenvalue weighted by molar-refractivity contribution is 0.0699. The highest BCUT2D eigenvalue weighted by molar-refractivity contribution is 7.21. The van der Waals surface area contributed by atoms with Crippen molar-refractivity contribution in [1.29, 1.82) is 0 Å². The van der Waals surface area contributed by atoms with Gasteiger partial charge in [-0.1, -0.05) is 23.4 Å². The van der Waals surface area contributed by atoms with E-state index in [1.165, 1.54) is 11.3 Å². The standard InChI is InChI=1S/C18H18N2O3S/c1-11-9-15(23-19-11)14-6-4-8-20(14)10-13-12-5-2-3-7-16(12)24-17(13)18(21)22/h2-3,5,7,9,14H,4,6,8,10H2,1H3,(H,21,22). The maximum absolute atomic E-state index is 11.7. The predicted molar refractivity (Wildman–Crippen MR) is 92.4 cm³/mol. The highest BCUT2D eigenvalue weighted by atomic mass is 32.1. The number of hydrogen-bond acceptors (Lipinski definition) is 5. The molecule has 3 aromatic rings. The van der Waals surface area contributed by atoms with Crippen LogP contribution in [0.5, 0.6) is 0 Å². The first-order valence-electron chi connectivity index (χ1n) is 8.04. The second kappa shape index (κ2) is 6.03. The summed E-state index contributed by atoms with van der Waals surface area (Å²) >= 11 is 1.35. The van der Waals surface area contributed by atoms with Crippen LogP contribution in [0.2, 0.25) is 0 Å². The van der Waals surface area contributed by atoms with Crippen LogP contribution in [-0.2, 0) is 6.54 Å². The topological polar surface area (TPSA) is 66.6 Å². The minimum Gasteiger partial charge on any atom is -0.477 e. The molecule has 1 fully saturated rings. The zero-order valence-electron chi connectivity index (χ0n) is 13.4. The van der Waals surface area contributed by atoms with E-state index in [9.17, 15) is 9.90 Å². The summed E-state index contributed by atoms with van der Waals surface area (Å²) in [7, 11) is 0. The van der Waals surface area contributed by atoms with Crippen LogP contribution in [0.25, 0.3) is 10.1 Å². The van der Waals surface area contributed by atoms with Gasteiger partial charge in [-0.05, 0) is 43.3 Å². The minimum atomic E-state index is -0.850. The summed E-state index contributed by atoms with van der Waals surface area (Å²) in [5.74, 6) is 0.0267. The number of likely N-dealkylation sites (tertiary alicyclic amines) is 1. The fraction of sp³-hybridized carbons (Fsp3) is 0.333. The molecule has 0 radical (unpaired) electrons. The number of aryl methyl sites for hydroxylation is 1. The van der Waals surface area contributed by atoms with E-state index in [0.717, 1.165) is 46.5 Å². The van der Waals surface area contributed by atoms with E-state index < -0.39 is 5.97 Å². The molecule has 5 nitrogen and oxygen atoms in total. The Morgan fingerprint density at radius 3 is 3.04 bits per heavy atom. The number of nitrogens with zero attached hydrogens (tertiary/aromatic N) is 2. The van der Waals surface area contributed by atoms with Crippen molar-refractivity contribution in [3.63, 3.8) is 0 Å². The Morgan fingerprint density at radius 2 is 2.29 bits per heavy atom. The first-order valence-corrected chi connectivity index (χ1v) is 8.86. The first-order chi connectivity index (χ1) is 11.6. The lowest BCUT2D eigenvalue weighted by Gasteiger charge is -2.22. The van der Waals surface area contributed by atoms with Crippen LogP contribution in [0.1, 0.15) is 45.6 Å². The summed E-state index contributed by atoms with van der Waals surface area (Å²) in [6, 6.07) is 10.1. The Morgan fingerprint density at radius 1 is 1.46 bits per heavy atom. The van der Waals surface area contributed by atoms with Crippen LogP contribution in [-0.4, -0.2) is 27.7 Å². The average molecular weight is 342 g/mol. The van der Waals surface area contributed by atoms with Crippen molar-refractivity contribution in [2.45, 2.75) is 32.4 Å². The Bertz CT molecular complexity index is 899. The first kappa shape index (κ1) is 15.4. The lowest BCUT2D eigenvalue weighted by atomic mass is 10.1. The number of aromatic nitrogens is 1. The average Bonchev–Trinajstić information content (AvgIpc) is 3.26. The van der Waals surface area contributed by atoms with Gasteiger partial charge < -0.3 is 9.63 Å². The van der Waals surface area contributed by atoms with Gasteiger partial charge in [0.2, 0.25) is 0 Å². The van der Waals surface area contributed by atoms with Gasteiger partial charge >= 0.3 is 5.97 Å². The number of fused-ring (bicyclic) bond motifs is 1. The van der Waals surface area contributed by atoms with Crippen molar-refractivity contribution in [3.8, 4) is 0 Å². The Labute approximate surface area is 143 Å². The second-order valence-corrected chi connectivity index (χ2v) is 7.26. The second-order valence-electron chi connectivity index (χ2n) is 6.21. The van der Waals surface area contributed by atoms with Gasteiger partial charge in [-0.25, -0.2) is 4.79 Å². The Kier molecular flexibility index (Phi) is 3.86. The third-order valence-corrected chi connectivity index (χ3v) is 5.79. The third-order valence-electron chi connectivity index (χ3n) is 4.59. The largest absolute Gasteiger partial charge is 0.477 e. The molecule has 2 aromatic heterocycles. The summed E-state index contributed by atoms with van der Waals surface area (Å²) in [4.78, 5) is 14.4. The number of thiophene rings is 1. The van der Waals surface area contributed by atoms with Crippen LogP contribution >= 0.6 is 11.3 Å². The van der Waals surface area contributed by atoms with Gasteiger partial charge in [0, 0.05) is 17.3 Å². The number of hydrogen-bond donors (Lipinski definition) is 1. The monoisotopic (exact) mass is 342 g/mol. The van der Waals surface area contributed by atoms with Crippen LogP contribution in [0.4, 0.5) is 0 Å². The molecule has 6 heteroatoms. The fourth-order valence-electron chi connectivity index (χ4n) is 3.51. The van der Waals surface area contributed by atoms with Crippen molar-refractivity contribution in [3.05, 3.63) is 52.2 Å². The maximum Gasteiger partial charge on any atom is 0.346 e. The molecule has 1 aliphatic heterocycles. The zero-order chi connectivity index (χ0) is 16.7. The minimum absolute atomic E-state index is 0.173. The van der Waals surface area contributed by atoms with E-state index in [1.807, 2.05) is 37.3 Å². The van der Waals surface area contributed by atoms with Crippen LogP contribution in [0.3, 0.4) is 0 Å². The van der Waals surface area contributed by atoms with E-state index in [-0.39, 0.29) is 6.04 Å². The molecule has 1 saturated heterocycles. The molecule has 0 aliphatic carbocycles. The molecule has 1 aliphatic rings. The molecular formula is C18H18N2O3S. The van der Waals surface area contributed by atoms with Gasteiger partial charge in [-0.15, -0.1) is 11.3 Å². The molecule has 1 aromatic carbocycles. The Hall–Kier alpha value is -2.18. The third kappa shape index (κ3) is 2.61. The zero-order valence-corrected chi connectivity index (χ0v) is 14.2. The van der Waals surface area contributed by atoms with Crippen molar-refractivity contribution in [2.75, 3.05) is 6.54 Å². The molecule has 0 amide bonds. The number of rotatable bonds is 4. The summed E-state index contributed by atoms with van der Waals surface area (Å²) in [5, 5.41) is 14.6. The van der Waals surface area contributed by atoms with Crippen LogP contribution < -0.4 is 0 Å². The molecular weight excluding hydrogens is 324 g/mol. The van der Waals surface area contributed by atoms with E-state index >= 15 is 0 Å². The van der Waals surface area contributed by atoms with E-state index in [1.54, 1.807) is 0 Å². The SMILES string of the molecule is Cc1cc(C2CCCN2Cc2c(C(=O)O)sc3ccccc23)on1. The highest BCUT2D eigenvalue weighted by Gasteiger charge is 2.31. The number of carboxylic acid groups (broad SMARTS) is 1. The molecule has 4 rings (SSSR count). The molecule has 1 atom stereocenters. The number of carbonyl (C=O) groups is 1. The molecule has 3 heterocycles. The summed E-state index contributed by atoms with van der Waals surface area (Å²) in [6.07, 6.45) is 2.09. The van der Waals surface area contributed by atoms with Crippen molar-refractivity contribution >= 4 is 27.4 Å². The molecule has 124 valence electrons. The van der Waals surface area contributed by atoms with Crippen LogP contribution in [0, 0.1) is 6.92 Å². The van der Waals surface area contributed by atoms with Crippen LogP contribution in [0.15, 0.2) is 34.9 Å². The predicted octanol–water partition coefficient (Wildman–Crippen LogP) is 4.23. The molecule has 0 spiro atoms. The van der Waals surface area contributed by atoms with E-state index in [4.69, 9.17) is 4.52 Å². The van der Waals surface area contributed by atoms with Crippen molar-refractivity contribution in [2.24, 2.45) is 0 Å². The van der Waals surface area contributed by atoms with Gasteiger partial charge in [-0.2, -0.15) is 0 Å². The maximum atomic E-state index is 11.7. The molecule has 1 N–H and O–H groups in total. The van der Waals surface area contributed by atoms with E-state index in [0.29, 0.717) is 11.4 Å². The van der Waals surface area contributed by atoms with E-state index in [2.05, 4.69) is 10.1 Å². The molecule has 1 unspecified atom stereocenters. The smallest absolute Gasteiger partial charge is 0.346 e. The van der Waals surface area contributed by atoms with Gasteiger partial charge in [0.1, 0.15) is 4.88 Å². The lowest BCUT2D eigenvalue weighted by Crippen LogP contribution is -2.23. The molecule has 24 heavy (non-hydrogen) atoms. The summed E-state index contributed by atoms with van der Waals surface area (Å²) < 4.78 is 6.48. The molecule has 0 bridgehead atoms.